The lowest BCUT2D eigenvalue weighted by molar-refractivity contribution is -0.116. The Morgan fingerprint density at radius 1 is 1.10 bits per heavy atom. The van der Waals surface area contributed by atoms with E-state index in [1.54, 1.807) is 0 Å². The van der Waals surface area contributed by atoms with Crippen LogP contribution in [-0.2, 0) is 11.2 Å². The van der Waals surface area contributed by atoms with Gasteiger partial charge in [-0.05, 0) is 43.9 Å². The van der Waals surface area contributed by atoms with Crippen LogP contribution in [0.5, 0.6) is 0 Å². The lowest BCUT2D eigenvalue weighted by atomic mass is 10.00. The molecule has 0 saturated heterocycles. The van der Waals surface area contributed by atoms with Gasteiger partial charge in [0.15, 0.2) is 0 Å². The number of hydrogen-bond donors (Lipinski definition) is 1. The summed E-state index contributed by atoms with van der Waals surface area (Å²) in [5.74, 6) is -0.207. The minimum Gasteiger partial charge on any atom is -0.345 e. The summed E-state index contributed by atoms with van der Waals surface area (Å²) in [5, 5.41) is 2.64. The van der Waals surface area contributed by atoms with E-state index in [2.05, 4.69) is 18.3 Å². The lowest BCUT2D eigenvalue weighted by Gasteiger charge is -2.09. The smallest absolute Gasteiger partial charge is 0.251 e. The zero-order valence-corrected chi connectivity index (χ0v) is 13.5. The molecule has 0 bridgehead atoms. The lowest BCUT2D eigenvalue weighted by Crippen LogP contribution is -2.28. The highest BCUT2D eigenvalue weighted by Gasteiger charge is 2.09. The second-order valence-electron chi connectivity index (χ2n) is 5.70. The molecule has 0 aromatic heterocycles. The Bertz CT molecular complexity index is 480. The molecular weight excluding hydrogens is 262 g/mol. The summed E-state index contributed by atoms with van der Waals surface area (Å²) >= 11 is 0. The van der Waals surface area contributed by atoms with Crippen molar-refractivity contribution in [3.63, 3.8) is 0 Å². The summed E-state index contributed by atoms with van der Waals surface area (Å²) < 4.78 is 0. The Labute approximate surface area is 128 Å². The minimum absolute atomic E-state index is 0.0373. The molecule has 3 heteroatoms. The Balaban J connectivity index is 2.51. The number of ketones is 1. The fraction of sp³-hybridized carbons (Fsp3) is 0.556. The number of Topliss-reactive ketones (excluding diaryl/α,β-unsaturated/α-hetero) is 1. The Hall–Kier alpha value is -1.64. The number of benzene rings is 1. The van der Waals surface area contributed by atoms with E-state index in [1.165, 1.54) is 44.6 Å². The van der Waals surface area contributed by atoms with Gasteiger partial charge in [-0.15, -0.1) is 0 Å². The zero-order chi connectivity index (χ0) is 15.7. The maximum absolute atomic E-state index is 12.0. The fourth-order valence-electron chi connectivity index (χ4n) is 2.37. The largest absolute Gasteiger partial charge is 0.345 e. The van der Waals surface area contributed by atoms with Crippen LogP contribution in [0.4, 0.5) is 0 Å². The molecule has 0 aliphatic heterocycles. The van der Waals surface area contributed by atoms with Crippen molar-refractivity contribution in [1.82, 2.24) is 5.32 Å². The van der Waals surface area contributed by atoms with Crippen LogP contribution >= 0.6 is 0 Å². The van der Waals surface area contributed by atoms with Crippen molar-refractivity contribution >= 4 is 11.7 Å². The number of nitrogens with one attached hydrogen (secondary N) is 1. The minimum atomic E-state index is -0.169. The van der Waals surface area contributed by atoms with Crippen LogP contribution in [0, 0.1) is 6.92 Å². The van der Waals surface area contributed by atoms with E-state index in [0.29, 0.717) is 5.56 Å². The number of carbonyl (C=O) groups excluding carboxylic acids is 2. The molecule has 1 aromatic rings. The third-order valence-corrected chi connectivity index (χ3v) is 3.60. The van der Waals surface area contributed by atoms with Gasteiger partial charge in [0.2, 0.25) is 0 Å². The molecule has 0 spiro atoms. The summed E-state index contributed by atoms with van der Waals surface area (Å²) in [5.41, 5.74) is 2.92. The Morgan fingerprint density at radius 2 is 1.81 bits per heavy atom. The van der Waals surface area contributed by atoms with Gasteiger partial charge in [-0.1, -0.05) is 44.7 Å². The van der Waals surface area contributed by atoms with Gasteiger partial charge >= 0.3 is 0 Å². The van der Waals surface area contributed by atoms with Gasteiger partial charge in [0.05, 0.1) is 6.54 Å². The van der Waals surface area contributed by atoms with Crippen LogP contribution in [0.1, 0.15) is 67.4 Å². The SMILES string of the molecule is CCCCCCCc1ccc(C(=O)NCC(C)=O)c(C)c1. The highest BCUT2D eigenvalue weighted by Crippen LogP contribution is 2.14. The molecule has 0 aliphatic carbocycles. The van der Waals surface area contributed by atoms with E-state index in [9.17, 15) is 9.59 Å². The summed E-state index contributed by atoms with van der Waals surface area (Å²) in [4.78, 5) is 22.8. The van der Waals surface area contributed by atoms with E-state index >= 15 is 0 Å². The number of carbonyl (C=O) groups is 2. The Kier molecular flexibility index (Phi) is 7.73. The third kappa shape index (κ3) is 6.56. The van der Waals surface area contributed by atoms with Crippen molar-refractivity contribution in [3.05, 3.63) is 34.9 Å². The van der Waals surface area contributed by atoms with E-state index in [4.69, 9.17) is 0 Å². The molecule has 116 valence electrons. The average molecular weight is 289 g/mol. The van der Waals surface area contributed by atoms with Crippen molar-refractivity contribution in [3.8, 4) is 0 Å². The first-order chi connectivity index (χ1) is 10.0. The van der Waals surface area contributed by atoms with Crippen LogP contribution in [0.2, 0.25) is 0 Å². The second-order valence-corrected chi connectivity index (χ2v) is 5.70. The van der Waals surface area contributed by atoms with Gasteiger partial charge in [0, 0.05) is 5.56 Å². The van der Waals surface area contributed by atoms with Crippen molar-refractivity contribution in [2.24, 2.45) is 0 Å². The van der Waals surface area contributed by atoms with Crippen LogP contribution < -0.4 is 5.32 Å². The summed E-state index contributed by atoms with van der Waals surface area (Å²) in [7, 11) is 0. The molecule has 0 heterocycles. The number of unbranched alkanes of at least 4 members (excludes halogenated alkanes) is 4. The first-order valence-electron chi connectivity index (χ1n) is 7.91. The maximum atomic E-state index is 12.0. The Morgan fingerprint density at radius 3 is 2.43 bits per heavy atom. The first-order valence-corrected chi connectivity index (χ1v) is 7.91. The molecule has 1 amide bonds. The van der Waals surface area contributed by atoms with Gasteiger partial charge in [-0.2, -0.15) is 0 Å². The average Bonchev–Trinajstić information content (AvgIpc) is 2.44. The van der Waals surface area contributed by atoms with Crippen LogP contribution in [0.3, 0.4) is 0 Å². The molecule has 1 N–H and O–H groups in total. The van der Waals surface area contributed by atoms with E-state index in [-0.39, 0.29) is 18.2 Å². The number of hydrogen-bond acceptors (Lipinski definition) is 2. The third-order valence-electron chi connectivity index (χ3n) is 3.60. The second kappa shape index (κ2) is 9.32. The van der Waals surface area contributed by atoms with Gasteiger partial charge in [0.25, 0.3) is 5.91 Å². The van der Waals surface area contributed by atoms with Crippen LogP contribution in [0.25, 0.3) is 0 Å². The van der Waals surface area contributed by atoms with Gasteiger partial charge in [-0.25, -0.2) is 0 Å². The quantitative estimate of drug-likeness (QED) is 0.702. The molecule has 1 aromatic carbocycles. The fourth-order valence-corrected chi connectivity index (χ4v) is 2.37. The molecular formula is C18H27NO2. The first kappa shape index (κ1) is 17.4. The van der Waals surface area contributed by atoms with Crippen molar-refractivity contribution in [2.45, 2.75) is 59.3 Å². The molecule has 0 fully saturated rings. The predicted molar refractivity (Wildman–Crippen MR) is 86.7 cm³/mol. The molecule has 1 rings (SSSR count). The summed E-state index contributed by atoms with van der Waals surface area (Å²) in [6.07, 6.45) is 7.43. The highest BCUT2D eigenvalue weighted by molar-refractivity contribution is 5.97. The van der Waals surface area contributed by atoms with Gasteiger partial charge in [-0.3, -0.25) is 9.59 Å². The van der Waals surface area contributed by atoms with Gasteiger partial charge in [0.1, 0.15) is 5.78 Å². The number of rotatable bonds is 9. The highest BCUT2D eigenvalue weighted by atomic mass is 16.2. The van der Waals surface area contributed by atoms with E-state index < -0.39 is 0 Å². The van der Waals surface area contributed by atoms with Crippen molar-refractivity contribution < 1.29 is 9.59 Å². The summed E-state index contributed by atoms with van der Waals surface area (Å²) in [6, 6.07) is 5.98. The molecule has 21 heavy (non-hydrogen) atoms. The molecule has 0 atom stereocenters. The molecule has 3 nitrogen and oxygen atoms in total. The molecule has 0 unspecified atom stereocenters. The molecule has 0 aliphatic rings. The van der Waals surface area contributed by atoms with Gasteiger partial charge < -0.3 is 5.32 Å². The van der Waals surface area contributed by atoms with Crippen LogP contribution in [-0.4, -0.2) is 18.2 Å². The van der Waals surface area contributed by atoms with E-state index in [1.807, 2.05) is 19.1 Å². The molecule has 0 saturated carbocycles. The topological polar surface area (TPSA) is 46.2 Å². The summed E-state index contributed by atoms with van der Waals surface area (Å²) in [6.45, 7) is 5.73. The molecule has 0 radical (unpaired) electrons. The predicted octanol–water partition coefficient (Wildman–Crippen LogP) is 3.83. The van der Waals surface area contributed by atoms with Crippen LogP contribution in [0.15, 0.2) is 18.2 Å². The standard InChI is InChI=1S/C18H27NO2/c1-4-5-6-7-8-9-16-10-11-17(14(2)12-16)18(21)19-13-15(3)20/h10-12H,4-9,13H2,1-3H3,(H,19,21). The number of amides is 1. The normalized spacial score (nSPS) is 10.4. The van der Waals surface area contributed by atoms with Crippen molar-refractivity contribution in [2.75, 3.05) is 6.54 Å². The maximum Gasteiger partial charge on any atom is 0.251 e. The zero-order valence-electron chi connectivity index (χ0n) is 13.5. The van der Waals surface area contributed by atoms with Crippen molar-refractivity contribution in [1.29, 1.82) is 0 Å². The van der Waals surface area contributed by atoms with E-state index in [0.717, 1.165) is 12.0 Å². The monoisotopic (exact) mass is 289 g/mol. The number of aryl methyl sites for hydroxylation is 2.